The molecule has 1 saturated heterocycles. The van der Waals surface area contributed by atoms with Crippen molar-refractivity contribution in [3.8, 4) is 11.1 Å². The lowest BCUT2D eigenvalue weighted by Crippen LogP contribution is -2.57. The second-order valence-corrected chi connectivity index (χ2v) is 6.52. The quantitative estimate of drug-likeness (QED) is 0.703. The molecule has 0 saturated carbocycles. The molecule has 27 heavy (non-hydrogen) atoms. The molecule has 0 unspecified atom stereocenters. The van der Waals surface area contributed by atoms with Crippen LogP contribution >= 0.6 is 0 Å². The fraction of sp³-hybridized carbons (Fsp3) is 0.316. The molecule has 0 aliphatic carbocycles. The molecule has 3 aromatic rings. The second kappa shape index (κ2) is 6.79. The summed E-state index contributed by atoms with van der Waals surface area (Å²) in [5.74, 6) is 0.416. The molecule has 4 rings (SSSR count). The van der Waals surface area contributed by atoms with E-state index < -0.39 is 6.04 Å². The Balaban J connectivity index is 1.55. The Hall–Kier alpha value is -3.29. The van der Waals surface area contributed by atoms with Gasteiger partial charge in [0.2, 0.25) is 5.91 Å². The maximum Gasteiger partial charge on any atom is 0.254 e. The monoisotopic (exact) mass is 364 g/mol. The van der Waals surface area contributed by atoms with E-state index in [2.05, 4.69) is 15.1 Å². The van der Waals surface area contributed by atoms with E-state index in [0.717, 1.165) is 11.1 Å². The summed E-state index contributed by atoms with van der Waals surface area (Å²) in [5, 5.41) is 4.09. The topological polar surface area (TPSA) is 83.7 Å². The Kier molecular flexibility index (Phi) is 4.31. The molecular weight excluding hydrogens is 344 g/mol. The van der Waals surface area contributed by atoms with Crippen LogP contribution in [0.3, 0.4) is 0 Å². The lowest BCUT2D eigenvalue weighted by molar-refractivity contribution is -0.139. The average molecular weight is 364 g/mol. The van der Waals surface area contributed by atoms with E-state index in [0.29, 0.717) is 31.0 Å². The summed E-state index contributed by atoms with van der Waals surface area (Å²) in [7, 11) is 0. The summed E-state index contributed by atoms with van der Waals surface area (Å²) >= 11 is 0. The molecular formula is C19H20N6O2. The number of piperazine rings is 1. The van der Waals surface area contributed by atoms with Gasteiger partial charge >= 0.3 is 0 Å². The number of nitrogens with zero attached hydrogens (tertiary/aromatic N) is 6. The van der Waals surface area contributed by atoms with Gasteiger partial charge in [-0.25, -0.2) is 9.50 Å². The van der Waals surface area contributed by atoms with Crippen LogP contribution in [-0.2, 0) is 4.79 Å². The first-order chi connectivity index (χ1) is 13.1. The van der Waals surface area contributed by atoms with Crippen LogP contribution in [0, 0.1) is 0 Å². The molecule has 0 spiro atoms. The van der Waals surface area contributed by atoms with Gasteiger partial charge in [-0.2, -0.15) is 10.1 Å². The number of hydrogen-bond donors (Lipinski definition) is 0. The van der Waals surface area contributed by atoms with Crippen molar-refractivity contribution < 1.29 is 9.59 Å². The molecule has 0 radical (unpaired) electrons. The van der Waals surface area contributed by atoms with Gasteiger partial charge in [0.15, 0.2) is 0 Å². The van der Waals surface area contributed by atoms with E-state index in [1.807, 2.05) is 25.3 Å². The molecule has 8 nitrogen and oxygen atoms in total. The van der Waals surface area contributed by atoms with Gasteiger partial charge in [0.25, 0.3) is 11.7 Å². The minimum atomic E-state index is -0.440. The molecule has 138 valence electrons. The number of fused-ring (bicyclic) bond motifs is 1. The number of aromatic nitrogens is 4. The maximum atomic E-state index is 12.9. The predicted molar refractivity (Wildman–Crippen MR) is 99.0 cm³/mol. The van der Waals surface area contributed by atoms with Gasteiger partial charge in [-0.1, -0.05) is 12.1 Å². The molecule has 3 heterocycles. The number of benzene rings is 1. The SMILES string of the molecule is CCN1CCN(C(=O)c2ccc(-c3cnc4ncnn4c3)cc2)[C@H](C)C1=O. The smallest absolute Gasteiger partial charge is 0.254 e. The highest BCUT2D eigenvalue weighted by Crippen LogP contribution is 2.21. The number of carbonyl (C=O) groups is 2. The third-order valence-electron chi connectivity index (χ3n) is 4.99. The zero-order valence-corrected chi connectivity index (χ0v) is 15.2. The van der Waals surface area contributed by atoms with Crippen molar-refractivity contribution in [1.29, 1.82) is 0 Å². The minimum absolute atomic E-state index is 0.000860. The van der Waals surface area contributed by atoms with E-state index in [4.69, 9.17) is 0 Å². The van der Waals surface area contributed by atoms with E-state index >= 15 is 0 Å². The minimum Gasteiger partial charge on any atom is -0.339 e. The lowest BCUT2D eigenvalue weighted by atomic mass is 10.0. The summed E-state index contributed by atoms with van der Waals surface area (Å²) in [5.41, 5.74) is 2.38. The molecule has 1 fully saturated rings. The van der Waals surface area contributed by atoms with Gasteiger partial charge in [0, 0.05) is 43.2 Å². The average Bonchev–Trinajstić information content (AvgIpc) is 3.17. The van der Waals surface area contributed by atoms with Crippen LogP contribution in [0.25, 0.3) is 16.9 Å². The van der Waals surface area contributed by atoms with Crippen molar-refractivity contribution >= 4 is 17.6 Å². The molecule has 2 aromatic heterocycles. The van der Waals surface area contributed by atoms with Crippen LogP contribution in [0.15, 0.2) is 43.0 Å². The van der Waals surface area contributed by atoms with Gasteiger partial charge in [-0.3, -0.25) is 9.59 Å². The normalized spacial score (nSPS) is 17.6. The first kappa shape index (κ1) is 17.1. The predicted octanol–water partition coefficient (Wildman–Crippen LogP) is 1.48. The molecule has 1 aliphatic rings. The number of rotatable bonds is 3. The van der Waals surface area contributed by atoms with Crippen LogP contribution in [0.1, 0.15) is 24.2 Å². The van der Waals surface area contributed by atoms with Crippen molar-refractivity contribution in [3.63, 3.8) is 0 Å². The van der Waals surface area contributed by atoms with Crippen molar-refractivity contribution in [2.24, 2.45) is 0 Å². The number of likely N-dealkylation sites (N-methyl/N-ethyl adjacent to an activating group) is 1. The highest BCUT2D eigenvalue weighted by Gasteiger charge is 2.33. The van der Waals surface area contributed by atoms with Crippen molar-refractivity contribution in [2.45, 2.75) is 19.9 Å². The summed E-state index contributed by atoms with van der Waals surface area (Å²) in [6.07, 6.45) is 5.02. The van der Waals surface area contributed by atoms with Gasteiger partial charge in [0.05, 0.1) is 0 Å². The maximum absolute atomic E-state index is 12.9. The van der Waals surface area contributed by atoms with Gasteiger partial charge in [-0.05, 0) is 31.5 Å². The van der Waals surface area contributed by atoms with E-state index in [-0.39, 0.29) is 11.8 Å². The number of hydrogen-bond acceptors (Lipinski definition) is 5. The fourth-order valence-electron chi connectivity index (χ4n) is 3.36. The third-order valence-corrected chi connectivity index (χ3v) is 4.99. The summed E-state index contributed by atoms with van der Waals surface area (Å²) in [6.45, 7) is 5.53. The molecule has 1 aliphatic heterocycles. The standard InChI is InChI=1S/C19H20N6O2/c1-3-23-8-9-24(13(2)17(23)26)18(27)15-6-4-14(5-7-15)16-10-20-19-21-12-22-25(19)11-16/h4-7,10-13H,3,8-9H2,1-2H3/t13-/m1/s1. The zero-order chi connectivity index (χ0) is 19.0. The third kappa shape index (κ3) is 3.03. The van der Waals surface area contributed by atoms with Crippen LogP contribution in [0.2, 0.25) is 0 Å². The van der Waals surface area contributed by atoms with Crippen molar-refractivity contribution in [3.05, 3.63) is 48.5 Å². The summed E-state index contributed by atoms with van der Waals surface area (Å²) < 4.78 is 1.61. The van der Waals surface area contributed by atoms with Crippen LogP contribution in [-0.4, -0.2) is 66.9 Å². The van der Waals surface area contributed by atoms with Gasteiger partial charge in [0.1, 0.15) is 12.4 Å². The Morgan fingerprint density at radius 3 is 2.67 bits per heavy atom. The van der Waals surface area contributed by atoms with E-state index in [1.165, 1.54) is 6.33 Å². The van der Waals surface area contributed by atoms with E-state index in [1.54, 1.807) is 39.6 Å². The largest absolute Gasteiger partial charge is 0.339 e. The lowest BCUT2D eigenvalue weighted by Gasteiger charge is -2.38. The van der Waals surface area contributed by atoms with Crippen molar-refractivity contribution in [1.82, 2.24) is 29.4 Å². The summed E-state index contributed by atoms with van der Waals surface area (Å²) in [4.78, 5) is 36.9. The molecule has 1 aromatic carbocycles. The fourth-order valence-corrected chi connectivity index (χ4v) is 3.36. The Morgan fingerprint density at radius 2 is 1.93 bits per heavy atom. The van der Waals surface area contributed by atoms with Crippen LogP contribution in [0.5, 0.6) is 0 Å². The van der Waals surface area contributed by atoms with Gasteiger partial charge < -0.3 is 9.80 Å². The Morgan fingerprint density at radius 1 is 1.15 bits per heavy atom. The highest BCUT2D eigenvalue weighted by molar-refractivity contribution is 5.98. The van der Waals surface area contributed by atoms with Gasteiger partial charge in [-0.15, -0.1) is 0 Å². The van der Waals surface area contributed by atoms with Crippen molar-refractivity contribution in [2.75, 3.05) is 19.6 Å². The second-order valence-electron chi connectivity index (χ2n) is 6.52. The molecule has 8 heteroatoms. The summed E-state index contributed by atoms with van der Waals surface area (Å²) in [6, 6.07) is 6.88. The molecule has 1 atom stereocenters. The molecule has 0 N–H and O–H groups in total. The van der Waals surface area contributed by atoms with E-state index in [9.17, 15) is 9.59 Å². The highest BCUT2D eigenvalue weighted by atomic mass is 16.2. The Bertz CT molecular complexity index is 997. The van der Waals surface area contributed by atoms with Crippen LogP contribution in [0.4, 0.5) is 0 Å². The molecule has 2 amide bonds. The first-order valence-corrected chi connectivity index (χ1v) is 8.94. The number of carbonyl (C=O) groups excluding carboxylic acids is 2. The number of amides is 2. The zero-order valence-electron chi connectivity index (χ0n) is 15.2. The van der Waals surface area contributed by atoms with Crippen LogP contribution < -0.4 is 0 Å². The Labute approximate surface area is 156 Å². The first-order valence-electron chi connectivity index (χ1n) is 8.94. The molecule has 0 bridgehead atoms.